The Kier molecular flexibility index (Phi) is 4.97. The predicted molar refractivity (Wildman–Crippen MR) is 101 cm³/mol. The summed E-state index contributed by atoms with van der Waals surface area (Å²) in [5.74, 6) is -0.226. The second kappa shape index (κ2) is 7.34. The molecule has 0 bridgehead atoms. The van der Waals surface area contributed by atoms with Crippen LogP contribution in [0.3, 0.4) is 0 Å². The van der Waals surface area contributed by atoms with Crippen molar-refractivity contribution in [2.45, 2.75) is 13.8 Å². The molecule has 1 amide bonds. The number of nitriles is 1. The molecule has 1 N–H and O–H groups in total. The summed E-state index contributed by atoms with van der Waals surface area (Å²) < 4.78 is 7.10. The van der Waals surface area contributed by atoms with Crippen LogP contribution in [-0.2, 0) is 4.79 Å². The lowest BCUT2D eigenvalue weighted by atomic mass is 10.1. The first kappa shape index (κ1) is 17.6. The number of hydrogen-bond acceptors (Lipinski definition) is 3. The summed E-state index contributed by atoms with van der Waals surface area (Å²) >= 11 is 6.09. The zero-order chi connectivity index (χ0) is 18.7. The number of nitrogens with one attached hydrogen (secondary N) is 1. The smallest absolute Gasteiger partial charge is 0.268 e. The van der Waals surface area contributed by atoms with Crippen LogP contribution in [0.15, 0.2) is 58.7 Å². The molecule has 0 spiro atoms. The second-order valence-corrected chi connectivity index (χ2v) is 6.18. The number of amides is 1. The van der Waals surface area contributed by atoms with E-state index in [9.17, 15) is 10.1 Å². The largest absolute Gasteiger partial charge is 0.449 e. The Balaban J connectivity index is 1.96. The van der Waals surface area contributed by atoms with Crippen LogP contribution in [0, 0.1) is 25.2 Å². The number of carbonyl (C=O) groups is 1. The van der Waals surface area contributed by atoms with E-state index in [1.807, 2.05) is 54.8 Å². The number of hydrogen-bond donors (Lipinski definition) is 1. The van der Waals surface area contributed by atoms with Gasteiger partial charge in [-0.25, -0.2) is 0 Å². The molecule has 1 aromatic carbocycles. The van der Waals surface area contributed by atoms with Crippen molar-refractivity contribution in [2.75, 3.05) is 5.32 Å². The van der Waals surface area contributed by atoms with Crippen LogP contribution >= 0.6 is 11.6 Å². The normalized spacial score (nSPS) is 11.2. The van der Waals surface area contributed by atoms with Crippen LogP contribution in [-0.4, -0.2) is 10.5 Å². The van der Waals surface area contributed by atoms with Gasteiger partial charge in [-0.05, 0) is 55.8 Å². The van der Waals surface area contributed by atoms with E-state index >= 15 is 0 Å². The molecule has 3 aromatic rings. The molecule has 0 saturated heterocycles. The number of carbonyl (C=O) groups excluding carboxylic acids is 1. The highest BCUT2D eigenvalue weighted by Gasteiger charge is 2.14. The zero-order valence-electron chi connectivity index (χ0n) is 14.3. The van der Waals surface area contributed by atoms with Crippen LogP contribution in [0.4, 0.5) is 5.88 Å². The van der Waals surface area contributed by atoms with Crippen LogP contribution in [0.25, 0.3) is 11.8 Å². The van der Waals surface area contributed by atoms with E-state index in [1.54, 1.807) is 18.2 Å². The molecule has 130 valence electrons. The average Bonchev–Trinajstić information content (AvgIpc) is 3.20. The monoisotopic (exact) mass is 365 g/mol. The van der Waals surface area contributed by atoms with Crippen molar-refractivity contribution in [3.05, 3.63) is 76.3 Å². The van der Waals surface area contributed by atoms with Crippen LogP contribution in [0.1, 0.15) is 17.0 Å². The van der Waals surface area contributed by atoms with E-state index in [1.165, 1.54) is 6.26 Å². The Labute approximate surface area is 156 Å². The summed E-state index contributed by atoms with van der Waals surface area (Å²) in [5, 5.41) is 12.6. The second-order valence-electron chi connectivity index (χ2n) is 5.74. The summed E-state index contributed by atoms with van der Waals surface area (Å²) in [4.78, 5) is 12.3. The summed E-state index contributed by atoms with van der Waals surface area (Å²) in [7, 11) is 0. The van der Waals surface area contributed by atoms with Crippen LogP contribution < -0.4 is 5.32 Å². The first-order chi connectivity index (χ1) is 12.5. The van der Waals surface area contributed by atoms with Gasteiger partial charge in [0.05, 0.1) is 6.26 Å². The maximum Gasteiger partial charge on any atom is 0.268 e. The summed E-state index contributed by atoms with van der Waals surface area (Å²) in [6.45, 7) is 3.89. The minimum atomic E-state index is -0.519. The predicted octanol–water partition coefficient (Wildman–Crippen LogP) is 4.89. The Hall–Kier alpha value is -3.23. The van der Waals surface area contributed by atoms with Gasteiger partial charge < -0.3 is 8.98 Å². The van der Waals surface area contributed by atoms with Crippen LogP contribution in [0.2, 0.25) is 5.02 Å². The lowest BCUT2D eigenvalue weighted by Gasteiger charge is -2.10. The lowest BCUT2D eigenvalue weighted by molar-refractivity contribution is -0.112. The molecule has 0 aliphatic carbocycles. The van der Waals surface area contributed by atoms with Gasteiger partial charge in [0.2, 0.25) is 0 Å². The van der Waals surface area contributed by atoms with Gasteiger partial charge in [0.25, 0.3) is 5.91 Å². The topological polar surface area (TPSA) is 71.0 Å². The number of halogens is 1. The van der Waals surface area contributed by atoms with Gasteiger partial charge in [-0.1, -0.05) is 17.7 Å². The molecule has 0 aliphatic heterocycles. The number of aromatic nitrogens is 1. The van der Waals surface area contributed by atoms with Gasteiger partial charge >= 0.3 is 0 Å². The zero-order valence-corrected chi connectivity index (χ0v) is 15.0. The van der Waals surface area contributed by atoms with E-state index in [0.29, 0.717) is 10.9 Å². The third-order valence-electron chi connectivity index (χ3n) is 3.96. The van der Waals surface area contributed by atoms with E-state index < -0.39 is 5.91 Å². The molecule has 0 atom stereocenters. The highest BCUT2D eigenvalue weighted by atomic mass is 35.5. The van der Waals surface area contributed by atoms with Crippen molar-refractivity contribution in [3.63, 3.8) is 0 Å². The molecule has 0 aliphatic rings. The van der Waals surface area contributed by atoms with Gasteiger partial charge in [-0.3, -0.25) is 10.1 Å². The van der Waals surface area contributed by atoms with Gasteiger partial charge in [0.15, 0.2) is 5.88 Å². The SMILES string of the molecule is Cc1cc(/C=C(\C#N)C(=O)Nc2ccco2)c(C)n1-c1cccc(Cl)c1. The van der Waals surface area contributed by atoms with Crippen molar-refractivity contribution in [1.82, 2.24) is 4.57 Å². The van der Waals surface area contributed by atoms with Gasteiger partial charge in [-0.15, -0.1) is 0 Å². The van der Waals surface area contributed by atoms with Crippen LogP contribution in [0.5, 0.6) is 0 Å². The minimum Gasteiger partial charge on any atom is -0.449 e. The molecular formula is C20H16ClN3O2. The maximum absolute atomic E-state index is 12.3. The van der Waals surface area contributed by atoms with Crippen molar-refractivity contribution < 1.29 is 9.21 Å². The molecule has 0 unspecified atom stereocenters. The number of benzene rings is 1. The van der Waals surface area contributed by atoms with E-state index in [-0.39, 0.29) is 5.57 Å². The Morgan fingerprint density at radius 3 is 2.73 bits per heavy atom. The van der Waals surface area contributed by atoms with E-state index in [2.05, 4.69) is 5.32 Å². The molecule has 6 heteroatoms. The molecule has 5 nitrogen and oxygen atoms in total. The Morgan fingerprint density at radius 1 is 1.27 bits per heavy atom. The standard InChI is InChI=1S/C20H16ClN3O2/c1-13-9-15(14(2)24(13)18-6-3-5-17(21)11-18)10-16(12-22)20(25)23-19-7-4-8-26-19/h3-11H,1-2H3,(H,23,25)/b16-10+. The third kappa shape index (κ3) is 3.56. The highest BCUT2D eigenvalue weighted by molar-refractivity contribution is 6.30. The number of anilines is 1. The fourth-order valence-electron chi connectivity index (χ4n) is 2.78. The first-order valence-electron chi connectivity index (χ1n) is 7.91. The summed E-state index contributed by atoms with van der Waals surface area (Å²) in [6, 6.07) is 14.6. The summed E-state index contributed by atoms with van der Waals surface area (Å²) in [6.07, 6.45) is 3.02. The molecule has 2 heterocycles. The number of furan rings is 1. The van der Waals surface area contributed by atoms with Gasteiger partial charge in [0, 0.05) is 28.2 Å². The van der Waals surface area contributed by atoms with Crippen molar-refractivity contribution in [2.24, 2.45) is 0 Å². The number of nitrogens with zero attached hydrogens (tertiary/aromatic N) is 2. The van der Waals surface area contributed by atoms with E-state index in [4.69, 9.17) is 16.0 Å². The number of aryl methyl sites for hydroxylation is 1. The Morgan fingerprint density at radius 2 is 2.08 bits per heavy atom. The third-order valence-corrected chi connectivity index (χ3v) is 4.19. The van der Waals surface area contributed by atoms with Crippen molar-refractivity contribution in [1.29, 1.82) is 5.26 Å². The van der Waals surface area contributed by atoms with Crippen molar-refractivity contribution in [3.8, 4) is 11.8 Å². The molecule has 0 saturated carbocycles. The first-order valence-corrected chi connectivity index (χ1v) is 8.29. The number of rotatable bonds is 4. The van der Waals surface area contributed by atoms with Crippen molar-refractivity contribution >= 4 is 29.5 Å². The van der Waals surface area contributed by atoms with Gasteiger partial charge in [0.1, 0.15) is 11.6 Å². The molecular weight excluding hydrogens is 350 g/mol. The minimum absolute atomic E-state index is 0.00672. The molecule has 2 aromatic heterocycles. The quantitative estimate of drug-likeness (QED) is 0.528. The lowest BCUT2D eigenvalue weighted by Crippen LogP contribution is -2.12. The maximum atomic E-state index is 12.3. The summed E-state index contributed by atoms with van der Waals surface area (Å²) in [5.41, 5.74) is 3.58. The molecule has 0 radical (unpaired) electrons. The highest BCUT2D eigenvalue weighted by Crippen LogP contribution is 2.24. The Bertz CT molecular complexity index is 1020. The molecule has 0 fully saturated rings. The molecule has 26 heavy (non-hydrogen) atoms. The molecule has 3 rings (SSSR count). The fraction of sp³-hybridized carbons (Fsp3) is 0.100. The fourth-order valence-corrected chi connectivity index (χ4v) is 2.96. The van der Waals surface area contributed by atoms with E-state index in [0.717, 1.165) is 22.6 Å². The van der Waals surface area contributed by atoms with Gasteiger partial charge in [-0.2, -0.15) is 5.26 Å². The average molecular weight is 366 g/mol.